The maximum atomic E-state index is 5.70. The minimum Gasteiger partial charge on any atom is -0.497 e. The Kier molecular flexibility index (Phi) is 8.96. The fraction of sp³-hybridized carbons (Fsp3) is 0.500. The molecule has 2 N–H and O–H groups in total. The first-order valence-electron chi connectivity index (χ1n) is 7.73. The van der Waals surface area contributed by atoms with Gasteiger partial charge in [-0.15, -0.1) is 17.5 Å². The molecule has 0 amide bonds. The van der Waals surface area contributed by atoms with Crippen molar-refractivity contribution in [3.8, 4) is 11.5 Å². The number of likely N-dealkylation sites (N-methyl/N-ethyl adjacent to an activating group) is 1. The van der Waals surface area contributed by atoms with E-state index in [1.54, 1.807) is 7.11 Å². The number of anilines is 1. The first kappa shape index (κ1) is 20.1. The molecule has 0 fully saturated rings. The van der Waals surface area contributed by atoms with Crippen LogP contribution < -0.4 is 20.1 Å². The number of nitrogens with zero attached hydrogens (tertiary/aromatic N) is 3. The van der Waals surface area contributed by atoms with Crippen LogP contribution in [-0.2, 0) is 6.42 Å². The van der Waals surface area contributed by atoms with E-state index in [4.69, 9.17) is 19.6 Å². The van der Waals surface area contributed by atoms with Crippen LogP contribution in [-0.4, -0.2) is 44.1 Å². The zero-order chi connectivity index (χ0) is 16.5. The van der Waals surface area contributed by atoms with Gasteiger partial charge in [-0.2, -0.15) is 0 Å². The molecule has 1 heterocycles. The zero-order valence-corrected chi connectivity index (χ0v) is 14.9. The van der Waals surface area contributed by atoms with Crippen molar-refractivity contribution < 1.29 is 13.9 Å². The van der Waals surface area contributed by atoms with Crippen LogP contribution in [0.4, 0.5) is 6.01 Å². The van der Waals surface area contributed by atoms with Crippen molar-refractivity contribution >= 4 is 18.4 Å². The predicted octanol–water partition coefficient (Wildman–Crippen LogP) is 2.30. The lowest BCUT2D eigenvalue weighted by molar-refractivity contribution is 0.319. The predicted molar refractivity (Wildman–Crippen MR) is 95.3 cm³/mol. The van der Waals surface area contributed by atoms with E-state index < -0.39 is 0 Å². The monoisotopic (exact) mass is 356 g/mol. The number of unbranched alkanes of at least 4 members (excludes halogenated alkanes) is 1. The topological polar surface area (TPSA) is 86.6 Å². The Bertz CT molecular complexity index is 594. The van der Waals surface area contributed by atoms with Gasteiger partial charge in [0.25, 0.3) is 0 Å². The SMILES string of the molecule is COc1cccc(OCCN(C)c2nnc(CCCCN)o2)c1.Cl. The molecule has 0 aliphatic heterocycles. The molecule has 0 saturated carbocycles. The number of hydrogen-bond acceptors (Lipinski definition) is 7. The molecule has 1 aromatic heterocycles. The fourth-order valence-electron chi connectivity index (χ4n) is 2.01. The normalized spacial score (nSPS) is 10.1. The van der Waals surface area contributed by atoms with E-state index >= 15 is 0 Å². The van der Waals surface area contributed by atoms with Crippen LogP contribution in [0.2, 0.25) is 0 Å². The van der Waals surface area contributed by atoms with Crippen molar-refractivity contribution in [2.45, 2.75) is 19.3 Å². The molecule has 1 aromatic carbocycles. The lowest BCUT2D eigenvalue weighted by Gasteiger charge is -2.14. The molecule has 0 saturated heterocycles. The Hall–Kier alpha value is -1.99. The number of halogens is 1. The second-order valence-corrected chi connectivity index (χ2v) is 5.17. The summed E-state index contributed by atoms with van der Waals surface area (Å²) < 4.78 is 16.5. The maximum absolute atomic E-state index is 5.70. The molecule has 134 valence electrons. The summed E-state index contributed by atoms with van der Waals surface area (Å²) in [6, 6.07) is 8.02. The quantitative estimate of drug-likeness (QED) is 0.653. The van der Waals surface area contributed by atoms with Gasteiger partial charge in [-0.1, -0.05) is 11.2 Å². The van der Waals surface area contributed by atoms with Crippen LogP contribution in [0.15, 0.2) is 28.7 Å². The number of aromatic nitrogens is 2. The van der Waals surface area contributed by atoms with Gasteiger partial charge < -0.3 is 24.5 Å². The average Bonchev–Trinajstić information content (AvgIpc) is 3.04. The maximum Gasteiger partial charge on any atom is 0.317 e. The van der Waals surface area contributed by atoms with E-state index in [-0.39, 0.29) is 12.4 Å². The largest absolute Gasteiger partial charge is 0.497 e. The van der Waals surface area contributed by atoms with Crippen molar-refractivity contribution in [2.75, 3.05) is 38.8 Å². The summed E-state index contributed by atoms with van der Waals surface area (Å²) in [6.45, 7) is 1.83. The smallest absolute Gasteiger partial charge is 0.317 e. The second kappa shape index (κ2) is 10.7. The number of ether oxygens (including phenoxy) is 2. The Balaban J connectivity index is 0.00000288. The Morgan fingerprint density at radius 1 is 1.21 bits per heavy atom. The summed E-state index contributed by atoms with van der Waals surface area (Å²) in [4.78, 5) is 1.87. The van der Waals surface area contributed by atoms with Gasteiger partial charge in [-0.3, -0.25) is 0 Å². The molecule has 2 aromatic rings. The van der Waals surface area contributed by atoms with Crippen LogP contribution in [0.5, 0.6) is 11.5 Å². The van der Waals surface area contributed by atoms with Crippen molar-refractivity contribution in [3.05, 3.63) is 30.2 Å². The summed E-state index contributed by atoms with van der Waals surface area (Å²) in [5.41, 5.74) is 5.47. The number of aryl methyl sites for hydroxylation is 1. The molecule has 2 rings (SSSR count). The molecule has 0 atom stereocenters. The van der Waals surface area contributed by atoms with Crippen molar-refractivity contribution in [3.63, 3.8) is 0 Å². The summed E-state index contributed by atoms with van der Waals surface area (Å²) >= 11 is 0. The van der Waals surface area contributed by atoms with E-state index in [0.717, 1.165) is 30.8 Å². The third kappa shape index (κ3) is 6.25. The first-order chi connectivity index (χ1) is 11.2. The van der Waals surface area contributed by atoms with Gasteiger partial charge in [0, 0.05) is 19.5 Å². The molecule has 0 bridgehead atoms. The van der Waals surface area contributed by atoms with E-state index in [1.165, 1.54) is 0 Å². The van der Waals surface area contributed by atoms with Gasteiger partial charge in [0.05, 0.1) is 13.7 Å². The minimum atomic E-state index is 0. The number of rotatable bonds is 10. The summed E-state index contributed by atoms with van der Waals surface area (Å²) in [6.07, 6.45) is 2.68. The molecule has 0 aliphatic carbocycles. The number of nitrogens with two attached hydrogens (primary N) is 1. The van der Waals surface area contributed by atoms with E-state index in [2.05, 4.69) is 10.2 Å². The van der Waals surface area contributed by atoms with E-state index in [9.17, 15) is 0 Å². The second-order valence-electron chi connectivity index (χ2n) is 5.17. The highest BCUT2D eigenvalue weighted by atomic mass is 35.5. The van der Waals surface area contributed by atoms with Gasteiger partial charge >= 0.3 is 6.01 Å². The van der Waals surface area contributed by atoms with Crippen LogP contribution in [0.3, 0.4) is 0 Å². The summed E-state index contributed by atoms with van der Waals surface area (Å²) in [7, 11) is 3.53. The lowest BCUT2D eigenvalue weighted by Crippen LogP contribution is -2.24. The van der Waals surface area contributed by atoms with Crippen molar-refractivity contribution in [2.24, 2.45) is 5.73 Å². The number of methoxy groups -OCH3 is 1. The molecule has 0 unspecified atom stereocenters. The van der Waals surface area contributed by atoms with Crippen molar-refractivity contribution in [1.29, 1.82) is 0 Å². The molecule has 8 heteroatoms. The third-order valence-corrected chi connectivity index (χ3v) is 3.36. The molecule has 7 nitrogen and oxygen atoms in total. The van der Waals surface area contributed by atoms with Crippen LogP contribution in [0.1, 0.15) is 18.7 Å². The van der Waals surface area contributed by atoms with Crippen LogP contribution >= 0.6 is 12.4 Å². The molecule has 24 heavy (non-hydrogen) atoms. The highest BCUT2D eigenvalue weighted by Crippen LogP contribution is 2.19. The van der Waals surface area contributed by atoms with Gasteiger partial charge in [0.15, 0.2) is 0 Å². The standard InChI is InChI=1S/C16H24N4O3.ClH/c1-20(16-19-18-15(23-16)8-3-4-9-17)10-11-22-14-7-5-6-13(12-14)21-2;/h5-7,12H,3-4,8-11,17H2,1-2H3;1H. The van der Waals surface area contributed by atoms with Gasteiger partial charge in [0.1, 0.15) is 18.1 Å². The number of benzene rings is 1. The highest BCUT2D eigenvalue weighted by molar-refractivity contribution is 5.85. The van der Waals surface area contributed by atoms with Crippen LogP contribution in [0.25, 0.3) is 0 Å². The van der Waals surface area contributed by atoms with E-state index in [1.807, 2.05) is 36.2 Å². The highest BCUT2D eigenvalue weighted by Gasteiger charge is 2.10. The lowest BCUT2D eigenvalue weighted by atomic mass is 10.2. The van der Waals surface area contributed by atoms with Gasteiger partial charge in [-0.25, -0.2) is 0 Å². The average molecular weight is 357 g/mol. The summed E-state index contributed by atoms with van der Waals surface area (Å²) in [5.74, 6) is 2.19. The van der Waals surface area contributed by atoms with Gasteiger partial charge in [0.2, 0.25) is 5.89 Å². The van der Waals surface area contributed by atoms with Crippen LogP contribution in [0, 0.1) is 0 Å². The molecule has 0 spiro atoms. The molecule has 0 radical (unpaired) electrons. The molecular formula is C16H25ClN4O3. The van der Waals surface area contributed by atoms with E-state index in [0.29, 0.717) is 31.6 Å². The molecule has 0 aliphatic rings. The first-order valence-corrected chi connectivity index (χ1v) is 7.73. The third-order valence-electron chi connectivity index (χ3n) is 3.36. The van der Waals surface area contributed by atoms with Crippen molar-refractivity contribution in [1.82, 2.24) is 10.2 Å². The molecular weight excluding hydrogens is 332 g/mol. The van der Waals surface area contributed by atoms with Gasteiger partial charge in [-0.05, 0) is 31.5 Å². The zero-order valence-electron chi connectivity index (χ0n) is 14.1. The summed E-state index contributed by atoms with van der Waals surface area (Å²) in [5, 5.41) is 8.09. The Morgan fingerprint density at radius 2 is 2.00 bits per heavy atom. The minimum absolute atomic E-state index is 0. The Labute approximate surface area is 148 Å². The Morgan fingerprint density at radius 3 is 2.75 bits per heavy atom. The number of hydrogen-bond donors (Lipinski definition) is 1. The fourth-order valence-corrected chi connectivity index (χ4v) is 2.01.